The van der Waals surface area contributed by atoms with Crippen LogP contribution in [0.5, 0.6) is 0 Å². The lowest BCUT2D eigenvalue weighted by molar-refractivity contribution is 0.568. The van der Waals surface area contributed by atoms with Gasteiger partial charge in [-0.15, -0.1) is 11.3 Å². The van der Waals surface area contributed by atoms with Crippen LogP contribution in [-0.2, 0) is 10.0 Å². The number of thiocarbonyl (C=S) groups is 1. The van der Waals surface area contributed by atoms with E-state index in [1.807, 2.05) is 17.5 Å². The van der Waals surface area contributed by atoms with Crippen LogP contribution in [0.25, 0.3) is 0 Å². The Hall–Kier alpha value is -1.35. The van der Waals surface area contributed by atoms with Crippen molar-refractivity contribution in [1.29, 1.82) is 0 Å². The molecule has 106 valence electrons. The maximum atomic E-state index is 12.2. The molecule has 2 aromatic heterocycles. The number of pyridine rings is 1. The highest BCUT2D eigenvalue weighted by atomic mass is 32.2. The first-order valence-corrected chi connectivity index (χ1v) is 8.49. The predicted molar refractivity (Wildman–Crippen MR) is 83.2 cm³/mol. The fourth-order valence-corrected chi connectivity index (χ4v) is 3.68. The Kier molecular flexibility index (Phi) is 4.48. The third-order valence-electron chi connectivity index (χ3n) is 2.60. The molecule has 0 aliphatic carbocycles. The summed E-state index contributed by atoms with van der Waals surface area (Å²) in [5.41, 5.74) is 5.82. The standard InChI is InChI=1S/C12H13N3O2S3/c1-8(11-3-2-6-19-11)15-20(16,17)9-4-5-10(12(13)18)14-7-9/h2-8,15H,1H3,(H2,13,18). The van der Waals surface area contributed by atoms with Crippen LogP contribution >= 0.6 is 23.6 Å². The molecule has 2 rings (SSSR count). The van der Waals surface area contributed by atoms with Crippen molar-refractivity contribution < 1.29 is 8.42 Å². The molecular formula is C12H13N3O2S3. The van der Waals surface area contributed by atoms with Crippen molar-refractivity contribution in [2.75, 3.05) is 0 Å². The van der Waals surface area contributed by atoms with Gasteiger partial charge in [-0.05, 0) is 30.5 Å². The van der Waals surface area contributed by atoms with Gasteiger partial charge in [0.15, 0.2) is 0 Å². The number of nitrogens with two attached hydrogens (primary N) is 1. The monoisotopic (exact) mass is 327 g/mol. The van der Waals surface area contributed by atoms with E-state index in [1.165, 1.54) is 29.7 Å². The molecule has 2 aromatic rings. The maximum Gasteiger partial charge on any atom is 0.242 e. The van der Waals surface area contributed by atoms with Gasteiger partial charge in [-0.25, -0.2) is 13.1 Å². The Bertz CT molecular complexity index is 694. The summed E-state index contributed by atoms with van der Waals surface area (Å²) in [5, 5.41) is 1.90. The molecule has 20 heavy (non-hydrogen) atoms. The second kappa shape index (κ2) is 5.96. The molecule has 0 bridgehead atoms. The zero-order valence-corrected chi connectivity index (χ0v) is 13.1. The molecule has 0 aromatic carbocycles. The molecule has 2 heterocycles. The zero-order valence-electron chi connectivity index (χ0n) is 10.6. The minimum Gasteiger partial charge on any atom is -0.388 e. The molecule has 0 amide bonds. The van der Waals surface area contributed by atoms with Gasteiger partial charge >= 0.3 is 0 Å². The van der Waals surface area contributed by atoms with Crippen molar-refractivity contribution in [1.82, 2.24) is 9.71 Å². The van der Waals surface area contributed by atoms with Gasteiger partial charge in [0.1, 0.15) is 9.88 Å². The van der Waals surface area contributed by atoms with Gasteiger partial charge in [-0.1, -0.05) is 18.3 Å². The molecule has 0 spiro atoms. The molecule has 1 unspecified atom stereocenters. The van der Waals surface area contributed by atoms with Crippen LogP contribution in [0.15, 0.2) is 40.7 Å². The van der Waals surface area contributed by atoms with Crippen molar-refractivity contribution in [3.8, 4) is 0 Å². The van der Waals surface area contributed by atoms with E-state index in [0.29, 0.717) is 5.69 Å². The van der Waals surface area contributed by atoms with E-state index in [4.69, 9.17) is 18.0 Å². The molecule has 0 radical (unpaired) electrons. The number of thiophene rings is 1. The molecule has 8 heteroatoms. The van der Waals surface area contributed by atoms with Crippen molar-refractivity contribution in [2.45, 2.75) is 17.9 Å². The number of sulfonamides is 1. The SMILES string of the molecule is CC(NS(=O)(=O)c1ccc(C(N)=S)nc1)c1cccs1. The highest BCUT2D eigenvalue weighted by molar-refractivity contribution is 7.89. The molecule has 1 atom stereocenters. The summed E-state index contributed by atoms with van der Waals surface area (Å²) in [6.45, 7) is 1.79. The molecule has 0 saturated carbocycles. The molecule has 3 N–H and O–H groups in total. The number of nitrogens with zero attached hydrogens (tertiary/aromatic N) is 1. The van der Waals surface area contributed by atoms with Crippen molar-refractivity contribution in [3.63, 3.8) is 0 Å². The van der Waals surface area contributed by atoms with E-state index in [-0.39, 0.29) is 15.9 Å². The van der Waals surface area contributed by atoms with Crippen LogP contribution in [0.4, 0.5) is 0 Å². The third-order valence-corrected chi connectivity index (χ3v) is 5.39. The Morgan fingerprint density at radius 2 is 2.20 bits per heavy atom. The molecule has 0 saturated heterocycles. The highest BCUT2D eigenvalue weighted by Crippen LogP contribution is 2.20. The molecule has 0 aliphatic rings. The molecular weight excluding hydrogens is 314 g/mol. The van der Waals surface area contributed by atoms with Crippen LogP contribution in [0.3, 0.4) is 0 Å². The minimum absolute atomic E-state index is 0.0842. The van der Waals surface area contributed by atoms with Crippen LogP contribution in [-0.4, -0.2) is 18.4 Å². The summed E-state index contributed by atoms with van der Waals surface area (Å²) >= 11 is 6.27. The topological polar surface area (TPSA) is 85.1 Å². The van der Waals surface area contributed by atoms with Crippen LogP contribution in [0.2, 0.25) is 0 Å². The normalized spacial score (nSPS) is 13.1. The Labute approximate surface area is 126 Å². The van der Waals surface area contributed by atoms with E-state index < -0.39 is 10.0 Å². The average Bonchev–Trinajstić information content (AvgIpc) is 2.92. The fourth-order valence-electron chi connectivity index (χ4n) is 1.58. The van der Waals surface area contributed by atoms with Crippen LogP contribution < -0.4 is 10.5 Å². The van der Waals surface area contributed by atoms with Gasteiger partial charge in [-0.3, -0.25) is 4.98 Å². The first-order chi connectivity index (χ1) is 9.40. The number of hydrogen-bond donors (Lipinski definition) is 2. The Balaban J connectivity index is 2.20. The average molecular weight is 327 g/mol. The summed E-state index contributed by atoms with van der Waals surface area (Å²) < 4.78 is 27.0. The van der Waals surface area contributed by atoms with Gasteiger partial charge in [0.05, 0.1) is 11.7 Å². The first-order valence-electron chi connectivity index (χ1n) is 5.72. The van der Waals surface area contributed by atoms with Crippen LogP contribution in [0, 0.1) is 0 Å². The van der Waals surface area contributed by atoms with Gasteiger partial charge < -0.3 is 5.73 Å². The largest absolute Gasteiger partial charge is 0.388 e. The number of aromatic nitrogens is 1. The van der Waals surface area contributed by atoms with Gasteiger partial charge in [0.25, 0.3) is 0 Å². The van der Waals surface area contributed by atoms with Gasteiger partial charge in [0, 0.05) is 11.1 Å². The summed E-state index contributed by atoms with van der Waals surface area (Å²) in [7, 11) is -3.62. The number of nitrogens with one attached hydrogen (secondary N) is 1. The molecule has 0 aliphatic heterocycles. The predicted octanol–water partition coefficient (Wildman–Crippen LogP) is 1.82. The highest BCUT2D eigenvalue weighted by Gasteiger charge is 2.19. The van der Waals surface area contributed by atoms with E-state index in [2.05, 4.69) is 9.71 Å². The van der Waals surface area contributed by atoms with E-state index in [0.717, 1.165) is 4.88 Å². The van der Waals surface area contributed by atoms with E-state index in [1.54, 1.807) is 6.92 Å². The summed E-state index contributed by atoms with van der Waals surface area (Å²) in [5.74, 6) is 0. The summed E-state index contributed by atoms with van der Waals surface area (Å²) in [6, 6.07) is 6.39. The maximum absolute atomic E-state index is 12.2. The smallest absolute Gasteiger partial charge is 0.242 e. The third kappa shape index (κ3) is 3.40. The molecule has 0 fully saturated rings. The number of hydrogen-bond acceptors (Lipinski definition) is 5. The lowest BCUT2D eigenvalue weighted by Gasteiger charge is -2.12. The lowest BCUT2D eigenvalue weighted by Crippen LogP contribution is -2.26. The molecule has 5 nitrogen and oxygen atoms in total. The summed E-state index contributed by atoms with van der Waals surface area (Å²) in [4.78, 5) is 5.09. The van der Waals surface area contributed by atoms with Crippen molar-refractivity contribution in [2.24, 2.45) is 5.73 Å². The summed E-state index contributed by atoms with van der Waals surface area (Å²) in [6.07, 6.45) is 1.25. The Morgan fingerprint density at radius 3 is 2.70 bits per heavy atom. The quantitative estimate of drug-likeness (QED) is 0.818. The van der Waals surface area contributed by atoms with Gasteiger partial charge in [-0.2, -0.15) is 0 Å². The fraction of sp³-hybridized carbons (Fsp3) is 0.167. The van der Waals surface area contributed by atoms with Crippen molar-refractivity contribution in [3.05, 3.63) is 46.4 Å². The minimum atomic E-state index is -3.62. The Morgan fingerprint density at radius 1 is 1.45 bits per heavy atom. The van der Waals surface area contributed by atoms with E-state index >= 15 is 0 Å². The second-order valence-corrected chi connectivity index (χ2v) is 7.23. The lowest BCUT2D eigenvalue weighted by atomic mass is 10.3. The van der Waals surface area contributed by atoms with Gasteiger partial charge in [0.2, 0.25) is 10.0 Å². The van der Waals surface area contributed by atoms with E-state index in [9.17, 15) is 8.42 Å². The zero-order chi connectivity index (χ0) is 14.8. The number of rotatable bonds is 5. The van der Waals surface area contributed by atoms with Crippen LogP contribution in [0.1, 0.15) is 23.5 Å². The first kappa shape index (κ1) is 15.0. The van der Waals surface area contributed by atoms with Crippen molar-refractivity contribution >= 4 is 38.6 Å². The second-order valence-electron chi connectivity index (χ2n) is 4.10.